The second kappa shape index (κ2) is 6.71. The molecule has 0 amide bonds. The third-order valence-electron chi connectivity index (χ3n) is 4.96. The van der Waals surface area contributed by atoms with E-state index in [-0.39, 0.29) is 24.1 Å². The molecule has 1 saturated carbocycles. The molecule has 2 aliphatic rings. The molecule has 0 bridgehead atoms. The summed E-state index contributed by atoms with van der Waals surface area (Å²) in [6, 6.07) is 14.8. The van der Waals surface area contributed by atoms with Crippen molar-refractivity contribution in [1.29, 1.82) is 0 Å². The van der Waals surface area contributed by atoms with E-state index in [1.807, 2.05) is 30.3 Å². The number of cyclic esters (lactones) is 1. The quantitative estimate of drug-likeness (QED) is 0.787. The Morgan fingerprint density at radius 3 is 2.56 bits per heavy atom. The Morgan fingerprint density at radius 1 is 1.04 bits per heavy atom. The first kappa shape index (κ1) is 15.9. The van der Waals surface area contributed by atoms with E-state index in [9.17, 15) is 9.59 Å². The number of carbonyl (C=O) groups excluding carboxylic acids is 2. The fourth-order valence-corrected chi connectivity index (χ4v) is 3.60. The van der Waals surface area contributed by atoms with Crippen LogP contribution in [0.2, 0.25) is 0 Å². The molecule has 0 spiro atoms. The molecule has 0 radical (unpaired) electrons. The van der Waals surface area contributed by atoms with Crippen molar-refractivity contribution in [3.8, 4) is 0 Å². The monoisotopic (exact) mass is 336 g/mol. The summed E-state index contributed by atoms with van der Waals surface area (Å²) < 4.78 is 11.1. The molecular weight excluding hydrogens is 316 g/mol. The molecule has 4 heteroatoms. The van der Waals surface area contributed by atoms with Crippen LogP contribution in [0.5, 0.6) is 0 Å². The van der Waals surface area contributed by atoms with Gasteiger partial charge in [-0.2, -0.15) is 0 Å². The molecular formula is C21H20O4. The zero-order valence-corrected chi connectivity index (χ0v) is 13.9. The van der Waals surface area contributed by atoms with Crippen LogP contribution in [0.4, 0.5) is 0 Å². The second-order valence-corrected chi connectivity index (χ2v) is 6.69. The number of carbonyl (C=O) groups is 2. The molecule has 0 N–H and O–H groups in total. The average Bonchev–Trinajstić information content (AvgIpc) is 3.15. The average molecular weight is 336 g/mol. The summed E-state index contributed by atoms with van der Waals surface area (Å²) in [4.78, 5) is 24.7. The first-order valence-corrected chi connectivity index (χ1v) is 8.80. The Kier molecular flexibility index (Phi) is 4.26. The summed E-state index contributed by atoms with van der Waals surface area (Å²) in [5, 5.41) is 0. The van der Waals surface area contributed by atoms with Crippen LogP contribution in [0.1, 0.15) is 63.6 Å². The number of hydrogen-bond donors (Lipinski definition) is 0. The van der Waals surface area contributed by atoms with Gasteiger partial charge in [-0.15, -0.1) is 0 Å². The van der Waals surface area contributed by atoms with Crippen molar-refractivity contribution >= 4 is 11.9 Å². The molecule has 1 atom stereocenters. The minimum absolute atomic E-state index is 0.0329. The largest absolute Gasteiger partial charge is 0.459 e. The Balaban J connectivity index is 1.56. The molecule has 2 aromatic carbocycles. The molecule has 4 nitrogen and oxygen atoms in total. The highest BCUT2D eigenvalue weighted by molar-refractivity contribution is 5.95. The standard InChI is InChI=1S/C21H20O4/c22-20(24-17-8-4-5-9-17)15-10-11-18-16(12-15)13-19(25-21(18)23)14-6-2-1-3-7-14/h1-3,6-7,10-12,17,19H,4-5,8-9,13H2/t19-/m0/s1. The SMILES string of the molecule is O=C(OC1CCCC1)c1ccc2c(c1)C[C@@H](c1ccccc1)OC2=O. The van der Waals surface area contributed by atoms with Gasteiger partial charge in [0.05, 0.1) is 11.1 Å². The predicted molar refractivity (Wildman–Crippen MR) is 92.4 cm³/mol. The molecule has 0 saturated heterocycles. The van der Waals surface area contributed by atoms with Crippen molar-refractivity contribution < 1.29 is 19.1 Å². The lowest BCUT2D eigenvalue weighted by Crippen LogP contribution is -2.23. The highest BCUT2D eigenvalue weighted by Crippen LogP contribution is 2.31. The van der Waals surface area contributed by atoms with E-state index < -0.39 is 0 Å². The molecule has 2 aromatic rings. The Hall–Kier alpha value is -2.62. The van der Waals surface area contributed by atoms with Gasteiger partial charge in [0.15, 0.2) is 0 Å². The highest BCUT2D eigenvalue weighted by atomic mass is 16.5. The zero-order chi connectivity index (χ0) is 17.2. The Morgan fingerprint density at radius 2 is 1.80 bits per heavy atom. The van der Waals surface area contributed by atoms with Gasteiger partial charge in [-0.3, -0.25) is 0 Å². The van der Waals surface area contributed by atoms with Gasteiger partial charge in [0.1, 0.15) is 12.2 Å². The number of benzene rings is 2. The van der Waals surface area contributed by atoms with E-state index in [1.54, 1.807) is 18.2 Å². The third kappa shape index (κ3) is 3.29. The van der Waals surface area contributed by atoms with E-state index >= 15 is 0 Å². The fraction of sp³-hybridized carbons (Fsp3) is 0.333. The van der Waals surface area contributed by atoms with Crippen LogP contribution in [-0.2, 0) is 15.9 Å². The maximum Gasteiger partial charge on any atom is 0.339 e. The van der Waals surface area contributed by atoms with Gasteiger partial charge in [-0.25, -0.2) is 9.59 Å². The van der Waals surface area contributed by atoms with Gasteiger partial charge in [-0.05, 0) is 55.0 Å². The first-order valence-electron chi connectivity index (χ1n) is 8.80. The van der Waals surface area contributed by atoms with Crippen LogP contribution in [0.25, 0.3) is 0 Å². The maximum absolute atomic E-state index is 12.4. The van der Waals surface area contributed by atoms with Crippen molar-refractivity contribution in [2.75, 3.05) is 0 Å². The highest BCUT2D eigenvalue weighted by Gasteiger charge is 2.29. The van der Waals surface area contributed by atoms with Crippen LogP contribution in [0.15, 0.2) is 48.5 Å². The lowest BCUT2D eigenvalue weighted by molar-refractivity contribution is 0.0246. The van der Waals surface area contributed by atoms with Gasteiger partial charge >= 0.3 is 11.9 Å². The minimum Gasteiger partial charge on any atom is -0.459 e. The van der Waals surface area contributed by atoms with Crippen LogP contribution < -0.4 is 0 Å². The molecule has 25 heavy (non-hydrogen) atoms. The van der Waals surface area contributed by atoms with E-state index in [0.717, 1.165) is 36.8 Å². The fourth-order valence-electron chi connectivity index (χ4n) is 3.60. The molecule has 1 heterocycles. The van der Waals surface area contributed by atoms with E-state index in [0.29, 0.717) is 17.5 Å². The Labute approximate surface area is 146 Å². The van der Waals surface area contributed by atoms with E-state index in [2.05, 4.69) is 0 Å². The van der Waals surface area contributed by atoms with E-state index in [4.69, 9.17) is 9.47 Å². The van der Waals surface area contributed by atoms with Crippen molar-refractivity contribution in [2.45, 2.75) is 44.3 Å². The molecule has 4 rings (SSSR count). The minimum atomic E-state index is -0.342. The van der Waals surface area contributed by atoms with Crippen molar-refractivity contribution in [3.05, 3.63) is 70.8 Å². The van der Waals surface area contributed by atoms with Gasteiger partial charge in [-0.1, -0.05) is 30.3 Å². The van der Waals surface area contributed by atoms with Gasteiger partial charge < -0.3 is 9.47 Å². The normalized spacial score (nSPS) is 20.0. The van der Waals surface area contributed by atoms with Crippen molar-refractivity contribution in [1.82, 2.24) is 0 Å². The van der Waals surface area contributed by atoms with Crippen LogP contribution >= 0.6 is 0 Å². The summed E-state index contributed by atoms with van der Waals surface area (Å²) in [5.74, 6) is -0.643. The molecule has 1 aliphatic heterocycles. The summed E-state index contributed by atoms with van der Waals surface area (Å²) >= 11 is 0. The van der Waals surface area contributed by atoms with Crippen molar-refractivity contribution in [2.24, 2.45) is 0 Å². The topological polar surface area (TPSA) is 52.6 Å². The molecule has 0 unspecified atom stereocenters. The zero-order valence-electron chi connectivity index (χ0n) is 13.9. The molecule has 1 fully saturated rings. The first-order chi connectivity index (χ1) is 12.2. The second-order valence-electron chi connectivity index (χ2n) is 6.69. The summed E-state index contributed by atoms with van der Waals surface area (Å²) in [7, 11) is 0. The third-order valence-corrected chi connectivity index (χ3v) is 4.96. The number of fused-ring (bicyclic) bond motifs is 1. The number of esters is 2. The maximum atomic E-state index is 12.4. The summed E-state index contributed by atoms with van der Waals surface area (Å²) in [6.07, 6.45) is 4.40. The van der Waals surface area contributed by atoms with Crippen LogP contribution in [-0.4, -0.2) is 18.0 Å². The molecule has 0 aromatic heterocycles. The van der Waals surface area contributed by atoms with Crippen molar-refractivity contribution in [3.63, 3.8) is 0 Å². The predicted octanol–water partition coefficient (Wildman–Crippen LogP) is 4.24. The van der Waals surface area contributed by atoms with Gasteiger partial charge in [0, 0.05) is 6.42 Å². The number of ether oxygens (including phenoxy) is 2. The lowest BCUT2D eigenvalue weighted by Gasteiger charge is -2.25. The Bertz CT molecular complexity index is 791. The van der Waals surface area contributed by atoms with Crippen LogP contribution in [0, 0.1) is 0 Å². The van der Waals surface area contributed by atoms with Gasteiger partial charge in [0.25, 0.3) is 0 Å². The number of hydrogen-bond acceptors (Lipinski definition) is 4. The smallest absolute Gasteiger partial charge is 0.339 e. The lowest BCUT2D eigenvalue weighted by atomic mass is 9.93. The van der Waals surface area contributed by atoms with Gasteiger partial charge in [0.2, 0.25) is 0 Å². The molecule has 128 valence electrons. The summed E-state index contributed by atoms with van der Waals surface area (Å²) in [6.45, 7) is 0. The van der Waals surface area contributed by atoms with Crippen LogP contribution in [0.3, 0.4) is 0 Å². The summed E-state index contributed by atoms with van der Waals surface area (Å²) in [5.41, 5.74) is 2.84. The molecule has 1 aliphatic carbocycles. The number of rotatable bonds is 3. The van der Waals surface area contributed by atoms with E-state index in [1.165, 1.54) is 0 Å².